The molecule has 0 aromatic carbocycles. The molecule has 3 heteroatoms. The Morgan fingerprint density at radius 1 is 1.53 bits per heavy atom. The summed E-state index contributed by atoms with van der Waals surface area (Å²) >= 11 is 0. The van der Waals surface area contributed by atoms with Crippen LogP contribution in [0.1, 0.15) is 46.5 Å². The van der Waals surface area contributed by atoms with Crippen molar-refractivity contribution >= 4 is 5.97 Å². The maximum Gasteiger partial charge on any atom is 0.324 e. The largest absolute Gasteiger partial charge is 0.480 e. The van der Waals surface area contributed by atoms with Gasteiger partial charge in [0.1, 0.15) is 5.54 Å². The first-order valence-electron chi connectivity index (χ1n) is 6.01. The molecule has 1 rings (SSSR count). The second-order valence-corrected chi connectivity index (χ2v) is 4.98. The van der Waals surface area contributed by atoms with E-state index >= 15 is 0 Å². The van der Waals surface area contributed by atoms with Crippen LogP contribution in [0.15, 0.2) is 0 Å². The Bertz CT molecular complexity index is 226. The third kappa shape index (κ3) is 2.51. The summed E-state index contributed by atoms with van der Waals surface area (Å²) in [6.07, 6.45) is 3.79. The third-order valence-corrected chi connectivity index (χ3v) is 3.70. The van der Waals surface area contributed by atoms with Crippen molar-refractivity contribution in [2.75, 3.05) is 6.54 Å². The van der Waals surface area contributed by atoms with E-state index in [1.807, 2.05) is 0 Å². The van der Waals surface area contributed by atoms with Gasteiger partial charge < -0.3 is 10.4 Å². The minimum atomic E-state index is -0.671. The van der Waals surface area contributed by atoms with Crippen molar-refractivity contribution in [1.82, 2.24) is 5.32 Å². The van der Waals surface area contributed by atoms with Gasteiger partial charge in [-0.1, -0.05) is 20.8 Å². The molecule has 0 spiro atoms. The molecule has 0 radical (unpaired) electrons. The van der Waals surface area contributed by atoms with Crippen molar-refractivity contribution < 1.29 is 9.90 Å². The van der Waals surface area contributed by atoms with Gasteiger partial charge in [0.25, 0.3) is 0 Å². The summed E-state index contributed by atoms with van der Waals surface area (Å²) in [7, 11) is 0. The van der Waals surface area contributed by atoms with Gasteiger partial charge in [0.2, 0.25) is 0 Å². The molecule has 0 aliphatic heterocycles. The number of hydrogen-bond acceptors (Lipinski definition) is 2. The van der Waals surface area contributed by atoms with Crippen molar-refractivity contribution in [2.24, 2.45) is 11.8 Å². The number of carbonyl (C=O) groups is 1. The summed E-state index contributed by atoms with van der Waals surface area (Å²) in [5.74, 6) is 0.219. The van der Waals surface area contributed by atoms with E-state index in [4.69, 9.17) is 0 Å². The zero-order valence-corrected chi connectivity index (χ0v) is 10.0. The summed E-state index contributed by atoms with van der Waals surface area (Å²) in [5, 5.41) is 12.7. The van der Waals surface area contributed by atoms with Crippen LogP contribution >= 0.6 is 0 Å². The van der Waals surface area contributed by atoms with Crippen LogP contribution in [0.4, 0.5) is 0 Å². The van der Waals surface area contributed by atoms with Crippen LogP contribution < -0.4 is 5.32 Å². The minimum absolute atomic E-state index is 0.227. The molecule has 1 saturated carbocycles. The Labute approximate surface area is 92.3 Å². The lowest BCUT2D eigenvalue weighted by Gasteiger charge is -2.42. The minimum Gasteiger partial charge on any atom is -0.480 e. The van der Waals surface area contributed by atoms with Crippen LogP contribution in [0.2, 0.25) is 0 Å². The van der Waals surface area contributed by atoms with E-state index in [0.717, 1.165) is 32.2 Å². The molecule has 0 heterocycles. The number of rotatable bonds is 4. The predicted molar refractivity (Wildman–Crippen MR) is 60.8 cm³/mol. The molecule has 15 heavy (non-hydrogen) atoms. The van der Waals surface area contributed by atoms with Crippen molar-refractivity contribution in [2.45, 2.75) is 52.0 Å². The Hall–Kier alpha value is -0.570. The molecule has 0 aromatic rings. The maximum atomic E-state index is 11.4. The fourth-order valence-corrected chi connectivity index (χ4v) is 2.65. The fraction of sp³-hybridized carbons (Fsp3) is 0.917. The molecule has 1 aliphatic rings. The standard InChI is InChI=1S/C12H23NO2/c1-4-7-13-12(11(14)15)6-5-9(2)8-10(12)3/h9-10,13H,4-8H2,1-3H3,(H,14,15). The average Bonchev–Trinajstić information content (AvgIpc) is 2.16. The molecule has 1 aliphatic carbocycles. The molecule has 3 nitrogen and oxygen atoms in total. The number of carboxylic acids is 1. The van der Waals surface area contributed by atoms with Crippen molar-refractivity contribution in [1.29, 1.82) is 0 Å². The zero-order chi connectivity index (χ0) is 11.5. The van der Waals surface area contributed by atoms with Gasteiger partial charge in [0.05, 0.1) is 0 Å². The van der Waals surface area contributed by atoms with E-state index in [-0.39, 0.29) is 5.92 Å². The second-order valence-electron chi connectivity index (χ2n) is 4.98. The van der Waals surface area contributed by atoms with Gasteiger partial charge >= 0.3 is 5.97 Å². The fourth-order valence-electron chi connectivity index (χ4n) is 2.65. The van der Waals surface area contributed by atoms with Crippen LogP contribution in [-0.4, -0.2) is 23.2 Å². The Balaban J connectivity index is 2.75. The molecule has 3 unspecified atom stereocenters. The average molecular weight is 213 g/mol. The van der Waals surface area contributed by atoms with E-state index in [1.54, 1.807) is 0 Å². The second kappa shape index (κ2) is 4.97. The molecule has 0 amide bonds. The van der Waals surface area contributed by atoms with Crippen LogP contribution in [0.25, 0.3) is 0 Å². The first-order chi connectivity index (χ1) is 7.03. The highest BCUT2D eigenvalue weighted by Gasteiger charge is 2.45. The van der Waals surface area contributed by atoms with Gasteiger partial charge in [-0.2, -0.15) is 0 Å². The van der Waals surface area contributed by atoms with E-state index in [1.165, 1.54) is 0 Å². The smallest absolute Gasteiger partial charge is 0.324 e. The summed E-state index contributed by atoms with van der Waals surface area (Å²) in [6.45, 7) is 7.14. The van der Waals surface area contributed by atoms with Gasteiger partial charge in [0.15, 0.2) is 0 Å². The number of nitrogens with one attached hydrogen (secondary N) is 1. The normalized spacial score (nSPS) is 36.5. The van der Waals surface area contributed by atoms with Crippen molar-refractivity contribution in [3.05, 3.63) is 0 Å². The van der Waals surface area contributed by atoms with Gasteiger partial charge in [-0.05, 0) is 44.1 Å². The molecule has 88 valence electrons. The molecule has 0 aromatic heterocycles. The van der Waals surface area contributed by atoms with Gasteiger partial charge in [0, 0.05) is 0 Å². The number of aliphatic carboxylic acids is 1. The zero-order valence-electron chi connectivity index (χ0n) is 10.0. The Morgan fingerprint density at radius 2 is 2.20 bits per heavy atom. The molecular weight excluding hydrogens is 190 g/mol. The number of hydrogen-bond donors (Lipinski definition) is 2. The van der Waals surface area contributed by atoms with E-state index in [0.29, 0.717) is 5.92 Å². The van der Waals surface area contributed by atoms with Gasteiger partial charge in [-0.15, -0.1) is 0 Å². The summed E-state index contributed by atoms with van der Waals surface area (Å²) in [5.41, 5.74) is -0.664. The van der Waals surface area contributed by atoms with Gasteiger partial charge in [-0.3, -0.25) is 4.79 Å². The Morgan fingerprint density at radius 3 is 2.67 bits per heavy atom. The number of carboxylic acid groups (broad SMARTS) is 1. The monoisotopic (exact) mass is 213 g/mol. The topological polar surface area (TPSA) is 49.3 Å². The lowest BCUT2D eigenvalue weighted by molar-refractivity contribution is -0.149. The van der Waals surface area contributed by atoms with Crippen LogP contribution in [0.3, 0.4) is 0 Å². The summed E-state index contributed by atoms with van der Waals surface area (Å²) in [4.78, 5) is 11.4. The highest BCUT2D eigenvalue weighted by molar-refractivity contribution is 5.79. The van der Waals surface area contributed by atoms with E-state index in [9.17, 15) is 9.90 Å². The molecule has 0 bridgehead atoms. The van der Waals surface area contributed by atoms with Crippen molar-refractivity contribution in [3.8, 4) is 0 Å². The highest BCUT2D eigenvalue weighted by Crippen LogP contribution is 2.36. The molecule has 2 N–H and O–H groups in total. The lowest BCUT2D eigenvalue weighted by atomic mass is 9.70. The first kappa shape index (κ1) is 12.5. The molecular formula is C12H23NO2. The highest BCUT2D eigenvalue weighted by atomic mass is 16.4. The molecule has 1 fully saturated rings. The van der Waals surface area contributed by atoms with E-state index in [2.05, 4.69) is 26.1 Å². The molecule has 0 saturated heterocycles. The van der Waals surface area contributed by atoms with Crippen molar-refractivity contribution in [3.63, 3.8) is 0 Å². The summed E-state index contributed by atoms with van der Waals surface area (Å²) in [6, 6.07) is 0. The lowest BCUT2D eigenvalue weighted by Crippen LogP contribution is -2.59. The van der Waals surface area contributed by atoms with Crippen LogP contribution in [0, 0.1) is 11.8 Å². The van der Waals surface area contributed by atoms with Crippen LogP contribution in [0.5, 0.6) is 0 Å². The van der Waals surface area contributed by atoms with Gasteiger partial charge in [-0.25, -0.2) is 0 Å². The Kier molecular flexibility index (Phi) is 4.14. The van der Waals surface area contributed by atoms with Crippen LogP contribution in [-0.2, 0) is 4.79 Å². The SMILES string of the molecule is CCCNC1(C(=O)O)CCC(C)CC1C. The third-order valence-electron chi connectivity index (χ3n) is 3.70. The predicted octanol–water partition coefficient (Wildman–Crippen LogP) is 2.27. The molecule has 3 atom stereocenters. The quantitative estimate of drug-likeness (QED) is 0.753. The maximum absolute atomic E-state index is 11.4. The first-order valence-corrected chi connectivity index (χ1v) is 6.01. The summed E-state index contributed by atoms with van der Waals surface area (Å²) < 4.78 is 0. The van der Waals surface area contributed by atoms with E-state index < -0.39 is 11.5 Å².